The molecule has 0 aromatic rings. The fraction of sp³-hybridized carbons (Fsp3) is 0.950. The van der Waals surface area contributed by atoms with Gasteiger partial charge < -0.3 is 20.1 Å². The zero-order valence-electron chi connectivity index (χ0n) is 16.7. The quantitative estimate of drug-likeness (QED) is 0.628. The van der Waals surface area contributed by atoms with Crippen molar-refractivity contribution in [3.8, 4) is 0 Å². The number of esters is 1. The number of cyclic esters (lactones) is 1. The third kappa shape index (κ3) is 5.93. The monoisotopic (exact) mass is 358 g/mol. The maximum Gasteiger partial charge on any atom is 0.311 e. The van der Waals surface area contributed by atoms with E-state index in [2.05, 4.69) is 6.92 Å². The van der Waals surface area contributed by atoms with Gasteiger partial charge in [0.15, 0.2) is 0 Å². The standard InChI is InChI=1S/C20H38O5/c1-7-17-14(5)19(23)13(4)16(21)9-8-11(2)10-12(3)18(22)15(6)20(24)25-17/h11-19,21-23H,7-10H2,1-6H3. The summed E-state index contributed by atoms with van der Waals surface area (Å²) < 4.78 is 5.63. The zero-order chi connectivity index (χ0) is 19.3. The fourth-order valence-corrected chi connectivity index (χ4v) is 3.99. The van der Waals surface area contributed by atoms with Crippen LogP contribution in [0, 0.1) is 29.6 Å². The predicted molar refractivity (Wildman–Crippen MR) is 97.9 cm³/mol. The highest BCUT2D eigenvalue weighted by Crippen LogP contribution is 2.30. The Bertz CT molecular complexity index is 413. The third-order valence-electron chi connectivity index (χ3n) is 6.14. The summed E-state index contributed by atoms with van der Waals surface area (Å²) in [5.74, 6) is -1.25. The van der Waals surface area contributed by atoms with Gasteiger partial charge in [-0.2, -0.15) is 0 Å². The molecule has 3 N–H and O–H groups in total. The molecule has 1 rings (SSSR count). The van der Waals surface area contributed by atoms with Crippen molar-refractivity contribution in [2.24, 2.45) is 29.6 Å². The maximum atomic E-state index is 12.5. The number of aliphatic hydroxyl groups is 3. The van der Waals surface area contributed by atoms with E-state index in [1.807, 2.05) is 27.7 Å². The van der Waals surface area contributed by atoms with E-state index in [9.17, 15) is 20.1 Å². The Labute approximate surface area is 152 Å². The summed E-state index contributed by atoms with van der Waals surface area (Å²) in [6, 6.07) is 0. The van der Waals surface area contributed by atoms with E-state index in [0.29, 0.717) is 18.8 Å². The van der Waals surface area contributed by atoms with E-state index in [0.717, 1.165) is 12.8 Å². The van der Waals surface area contributed by atoms with Crippen LogP contribution < -0.4 is 0 Å². The van der Waals surface area contributed by atoms with Crippen molar-refractivity contribution in [1.29, 1.82) is 0 Å². The van der Waals surface area contributed by atoms with Crippen LogP contribution in [-0.4, -0.2) is 45.7 Å². The Morgan fingerprint density at radius 1 is 0.960 bits per heavy atom. The molecule has 0 spiro atoms. The minimum Gasteiger partial charge on any atom is -0.462 e. The molecular weight excluding hydrogens is 320 g/mol. The molecule has 0 aliphatic carbocycles. The Balaban J connectivity index is 3.03. The minimum atomic E-state index is -0.750. The average Bonchev–Trinajstić information content (AvgIpc) is 2.59. The van der Waals surface area contributed by atoms with E-state index in [1.165, 1.54) is 0 Å². The molecule has 25 heavy (non-hydrogen) atoms. The lowest BCUT2D eigenvalue weighted by atomic mass is 9.81. The first-order chi connectivity index (χ1) is 11.6. The van der Waals surface area contributed by atoms with Gasteiger partial charge >= 0.3 is 5.97 Å². The summed E-state index contributed by atoms with van der Waals surface area (Å²) in [6.45, 7) is 11.4. The lowest BCUT2D eigenvalue weighted by Crippen LogP contribution is -2.42. The van der Waals surface area contributed by atoms with Crippen LogP contribution in [0.15, 0.2) is 0 Å². The molecule has 0 aromatic heterocycles. The summed E-state index contributed by atoms with van der Waals surface area (Å²) in [7, 11) is 0. The second kappa shape index (κ2) is 9.89. The Morgan fingerprint density at radius 2 is 1.56 bits per heavy atom. The second-order valence-electron chi connectivity index (χ2n) is 8.33. The number of hydrogen-bond donors (Lipinski definition) is 3. The average molecular weight is 359 g/mol. The van der Waals surface area contributed by atoms with Gasteiger partial charge in [0.05, 0.1) is 24.2 Å². The number of rotatable bonds is 1. The van der Waals surface area contributed by atoms with Crippen LogP contribution in [0.3, 0.4) is 0 Å². The van der Waals surface area contributed by atoms with Crippen LogP contribution in [-0.2, 0) is 9.53 Å². The van der Waals surface area contributed by atoms with E-state index in [4.69, 9.17) is 4.74 Å². The summed E-state index contributed by atoms with van der Waals surface area (Å²) >= 11 is 0. The van der Waals surface area contributed by atoms with Crippen LogP contribution in [0.2, 0.25) is 0 Å². The van der Waals surface area contributed by atoms with Gasteiger partial charge in [0, 0.05) is 11.8 Å². The lowest BCUT2D eigenvalue weighted by Gasteiger charge is -2.35. The van der Waals surface area contributed by atoms with Gasteiger partial charge in [0.1, 0.15) is 6.10 Å². The van der Waals surface area contributed by atoms with Gasteiger partial charge in [-0.1, -0.05) is 34.6 Å². The summed E-state index contributed by atoms with van der Waals surface area (Å²) in [5, 5.41) is 31.6. The molecule has 1 heterocycles. The highest BCUT2D eigenvalue weighted by Gasteiger charge is 2.36. The predicted octanol–water partition coefficient (Wildman–Crippen LogP) is 2.76. The molecule has 0 saturated carbocycles. The molecule has 0 radical (unpaired) electrons. The molecule has 0 aromatic carbocycles. The number of ether oxygens (including phenoxy) is 1. The molecule has 9 atom stereocenters. The third-order valence-corrected chi connectivity index (χ3v) is 6.14. The number of carbonyl (C=O) groups is 1. The Kier molecular flexibility index (Phi) is 8.85. The Hall–Kier alpha value is -0.650. The minimum absolute atomic E-state index is 0.0156. The van der Waals surface area contributed by atoms with Crippen molar-refractivity contribution in [3.63, 3.8) is 0 Å². The summed E-state index contributed by atoms with van der Waals surface area (Å²) in [6.07, 6.45) is 0.322. The van der Waals surface area contributed by atoms with Crippen LogP contribution in [0.1, 0.15) is 67.2 Å². The molecular formula is C20H38O5. The summed E-state index contributed by atoms with van der Waals surface area (Å²) in [5.41, 5.74) is 0. The van der Waals surface area contributed by atoms with Crippen LogP contribution in [0.4, 0.5) is 0 Å². The Morgan fingerprint density at radius 3 is 2.12 bits per heavy atom. The fourth-order valence-electron chi connectivity index (χ4n) is 3.99. The van der Waals surface area contributed by atoms with Crippen LogP contribution in [0.5, 0.6) is 0 Å². The molecule has 1 fully saturated rings. The van der Waals surface area contributed by atoms with Crippen molar-refractivity contribution in [2.45, 2.75) is 91.6 Å². The molecule has 5 nitrogen and oxygen atoms in total. The van der Waals surface area contributed by atoms with Crippen molar-refractivity contribution >= 4 is 5.97 Å². The first-order valence-electron chi connectivity index (χ1n) is 9.84. The van der Waals surface area contributed by atoms with Gasteiger partial charge in [-0.25, -0.2) is 0 Å². The van der Waals surface area contributed by atoms with Gasteiger partial charge in [-0.05, 0) is 44.4 Å². The van der Waals surface area contributed by atoms with Crippen molar-refractivity contribution in [1.82, 2.24) is 0 Å². The number of aliphatic hydroxyl groups excluding tert-OH is 3. The first-order valence-corrected chi connectivity index (χ1v) is 9.84. The van der Waals surface area contributed by atoms with Crippen molar-refractivity contribution in [3.05, 3.63) is 0 Å². The second-order valence-corrected chi connectivity index (χ2v) is 8.33. The van der Waals surface area contributed by atoms with E-state index in [1.54, 1.807) is 6.92 Å². The number of carbonyl (C=O) groups excluding carboxylic acids is 1. The molecule has 9 unspecified atom stereocenters. The molecule has 1 aliphatic heterocycles. The SMILES string of the molecule is CCC1OC(=O)C(C)C(O)C(C)CC(C)CCC(O)C(C)C(O)C1C. The molecule has 0 amide bonds. The topological polar surface area (TPSA) is 87.0 Å². The van der Waals surface area contributed by atoms with Gasteiger partial charge in [0.25, 0.3) is 0 Å². The van der Waals surface area contributed by atoms with Crippen LogP contribution in [0.25, 0.3) is 0 Å². The first kappa shape index (κ1) is 22.4. The van der Waals surface area contributed by atoms with Gasteiger partial charge in [0.2, 0.25) is 0 Å². The lowest BCUT2D eigenvalue weighted by molar-refractivity contribution is -0.165. The molecule has 1 saturated heterocycles. The van der Waals surface area contributed by atoms with E-state index >= 15 is 0 Å². The normalized spacial score (nSPS) is 45.5. The van der Waals surface area contributed by atoms with Gasteiger partial charge in [-0.3, -0.25) is 4.79 Å². The zero-order valence-corrected chi connectivity index (χ0v) is 16.7. The van der Waals surface area contributed by atoms with E-state index in [-0.39, 0.29) is 17.8 Å². The highest BCUT2D eigenvalue weighted by atomic mass is 16.5. The molecule has 148 valence electrons. The molecule has 0 bridgehead atoms. The highest BCUT2D eigenvalue weighted by molar-refractivity contribution is 5.73. The van der Waals surface area contributed by atoms with E-state index < -0.39 is 36.3 Å². The summed E-state index contributed by atoms with van der Waals surface area (Å²) in [4.78, 5) is 12.5. The smallest absolute Gasteiger partial charge is 0.311 e. The molecule has 1 aliphatic rings. The van der Waals surface area contributed by atoms with Crippen molar-refractivity contribution < 1.29 is 24.9 Å². The van der Waals surface area contributed by atoms with Gasteiger partial charge in [-0.15, -0.1) is 0 Å². The number of hydrogen-bond acceptors (Lipinski definition) is 5. The largest absolute Gasteiger partial charge is 0.462 e. The van der Waals surface area contributed by atoms with Crippen LogP contribution >= 0.6 is 0 Å². The maximum absolute atomic E-state index is 12.5. The molecule has 5 heteroatoms. The van der Waals surface area contributed by atoms with Crippen molar-refractivity contribution in [2.75, 3.05) is 0 Å².